The number of hydrogen-bond acceptors (Lipinski definition) is 5. The topological polar surface area (TPSA) is 73.9 Å². The normalized spacial score (nSPS) is 16.6. The predicted octanol–water partition coefficient (Wildman–Crippen LogP) is 2.16. The summed E-state index contributed by atoms with van der Waals surface area (Å²) in [7, 11) is 1.86. The average Bonchev–Trinajstić information content (AvgIpc) is 2.68. The Morgan fingerprint density at radius 3 is 2.78 bits per heavy atom. The van der Waals surface area contributed by atoms with Gasteiger partial charge in [0, 0.05) is 37.1 Å². The molecule has 0 radical (unpaired) electrons. The molecule has 2 aromatic carbocycles. The molecular weight excluding hydrogens is 344 g/mol. The Hall–Kier alpha value is -3.06. The first-order chi connectivity index (χ1) is 13.1. The summed E-state index contributed by atoms with van der Waals surface area (Å²) in [6, 6.07) is 13.1. The predicted molar refractivity (Wildman–Crippen MR) is 106 cm³/mol. The van der Waals surface area contributed by atoms with Gasteiger partial charge >= 0.3 is 0 Å². The lowest BCUT2D eigenvalue weighted by molar-refractivity contribution is -0.115. The lowest BCUT2D eigenvalue weighted by atomic mass is 10.1. The van der Waals surface area contributed by atoms with E-state index in [2.05, 4.69) is 15.5 Å². The van der Waals surface area contributed by atoms with Gasteiger partial charge in [0.1, 0.15) is 0 Å². The first kappa shape index (κ1) is 17.4. The molecule has 27 heavy (non-hydrogen) atoms. The maximum absolute atomic E-state index is 12.7. The van der Waals surface area contributed by atoms with Crippen LogP contribution in [0.1, 0.15) is 10.4 Å². The number of ether oxygens (including phenoxy) is 1. The molecule has 2 aliphatic rings. The molecule has 0 spiro atoms. The highest BCUT2D eigenvalue weighted by molar-refractivity contribution is 6.08. The molecule has 2 aliphatic heterocycles. The van der Waals surface area contributed by atoms with E-state index >= 15 is 0 Å². The number of rotatable bonds is 3. The van der Waals surface area contributed by atoms with Crippen molar-refractivity contribution >= 4 is 34.6 Å². The van der Waals surface area contributed by atoms with Crippen molar-refractivity contribution in [1.29, 1.82) is 0 Å². The van der Waals surface area contributed by atoms with Gasteiger partial charge in [-0.15, -0.1) is 0 Å². The van der Waals surface area contributed by atoms with Gasteiger partial charge < -0.3 is 25.2 Å². The van der Waals surface area contributed by atoms with Gasteiger partial charge in [-0.1, -0.05) is 6.07 Å². The van der Waals surface area contributed by atoms with Crippen molar-refractivity contribution in [2.24, 2.45) is 0 Å². The fourth-order valence-electron chi connectivity index (χ4n) is 3.41. The lowest BCUT2D eigenvalue weighted by Gasteiger charge is -2.29. The van der Waals surface area contributed by atoms with E-state index < -0.39 is 0 Å². The number of fused-ring (bicyclic) bond motifs is 1. The van der Waals surface area contributed by atoms with E-state index in [9.17, 15) is 9.59 Å². The van der Waals surface area contributed by atoms with Gasteiger partial charge in [-0.25, -0.2) is 0 Å². The summed E-state index contributed by atoms with van der Waals surface area (Å²) < 4.78 is 5.39. The second-order valence-corrected chi connectivity index (χ2v) is 6.74. The summed E-state index contributed by atoms with van der Waals surface area (Å²) in [6.45, 7) is 3.43. The number of amides is 2. The summed E-state index contributed by atoms with van der Waals surface area (Å²) in [5, 5.41) is 5.77. The summed E-state index contributed by atoms with van der Waals surface area (Å²) >= 11 is 0. The number of nitrogens with zero attached hydrogens (tertiary/aromatic N) is 2. The van der Waals surface area contributed by atoms with Crippen LogP contribution in [0, 0.1) is 0 Å². The highest BCUT2D eigenvalue weighted by Crippen LogP contribution is 2.29. The van der Waals surface area contributed by atoms with Crippen molar-refractivity contribution in [3.63, 3.8) is 0 Å². The fraction of sp³-hybridized carbons (Fsp3) is 0.300. The second kappa shape index (κ2) is 7.28. The number of carbonyl (C=O) groups is 2. The SMILES string of the molecule is CN1CC(=O)Nc2cc(C(=O)Nc3cccc(N4CCOCC4)c3)ccc21. The van der Waals surface area contributed by atoms with E-state index in [0.29, 0.717) is 31.0 Å². The molecule has 1 fully saturated rings. The van der Waals surface area contributed by atoms with Crippen LogP contribution in [0.25, 0.3) is 0 Å². The third-order valence-corrected chi connectivity index (χ3v) is 4.81. The maximum atomic E-state index is 12.7. The third-order valence-electron chi connectivity index (χ3n) is 4.81. The molecule has 2 amide bonds. The molecule has 2 N–H and O–H groups in total. The Labute approximate surface area is 157 Å². The van der Waals surface area contributed by atoms with Gasteiger partial charge in [0.05, 0.1) is 31.1 Å². The molecule has 0 bridgehead atoms. The van der Waals surface area contributed by atoms with Crippen molar-refractivity contribution in [2.45, 2.75) is 0 Å². The van der Waals surface area contributed by atoms with Crippen LogP contribution >= 0.6 is 0 Å². The second-order valence-electron chi connectivity index (χ2n) is 6.74. The molecule has 0 aliphatic carbocycles. The van der Waals surface area contributed by atoms with Crippen LogP contribution in [-0.4, -0.2) is 51.7 Å². The van der Waals surface area contributed by atoms with Crippen LogP contribution in [0.15, 0.2) is 42.5 Å². The minimum atomic E-state index is -0.209. The molecule has 0 aromatic heterocycles. The Bertz CT molecular complexity index is 877. The maximum Gasteiger partial charge on any atom is 0.255 e. The molecule has 0 atom stereocenters. The first-order valence-electron chi connectivity index (χ1n) is 8.99. The first-order valence-corrected chi connectivity index (χ1v) is 8.99. The van der Waals surface area contributed by atoms with Crippen molar-refractivity contribution in [3.05, 3.63) is 48.0 Å². The van der Waals surface area contributed by atoms with Gasteiger partial charge in [0.2, 0.25) is 5.91 Å². The molecule has 4 rings (SSSR count). The van der Waals surface area contributed by atoms with Crippen molar-refractivity contribution in [1.82, 2.24) is 0 Å². The number of likely N-dealkylation sites (N-methyl/N-ethyl adjacent to an activating group) is 1. The third kappa shape index (κ3) is 3.73. The quantitative estimate of drug-likeness (QED) is 0.871. The highest BCUT2D eigenvalue weighted by Gasteiger charge is 2.20. The van der Waals surface area contributed by atoms with E-state index in [4.69, 9.17) is 4.74 Å². The number of carbonyl (C=O) groups excluding carboxylic acids is 2. The van der Waals surface area contributed by atoms with Crippen LogP contribution in [0.3, 0.4) is 0 Å². The van der Waals surface area contributed by atoms with Gasteiger partial charge in [-0.3, -0.25) is 9.59 Å². The van der Waals surface area contributed by atoms with E-state index in [1.807, 2.05) is 42.3 Å². The molecule has 0 unspecified atom stereocenters. The minimum absolute atomic E-state index is 0.0826. The Morgan fingerprint density at radius 2 is 1.96 bits per heavy atom. The summed E-state index contributed by atoms with van der Waals surface area (Å²) in [5.41, 5.74) is 3.86. The standard InChI is InChI=1S/C20H22N4O3/c1-23-13-19(25)22-17-11-14(5-6-18(17)23)20(26)21-15-3-2-4-16(12-15)24-7-9-27-10-8-24/h2-6,11-12H,7-10,13H2,1H3,(H,21,26)(H,22,25). The number of hydrogen-bond donors (Lipinski definition) is 2. The molecule has 140 valence electrons. The Morgan fingerprint density at radius 1 is 1.15 bits per heavy atom. The van der Waals surface area contributed by atoms with Gasteiger partial charge in [0.15, 0.2) is 0 Å². The molecular formula is C20H22N4O3. The zero-order chi connectivity index (χ0) is 18.8. The van der Waals surface area contributed by atoms with Crippen LogP contribution < -0.4 is 20.4 Å². The van der Waals surface area contributed by atoms with Gasteiger partial charge in [0.25, 0.3) is 5.91 Å². The molecule has 0 saturated carbocycles. The van der Waals surface area contributed by atoms with Crippen LogP contribution in [0.2, 0.25) is 0 Å². The number of anilines is 4. The van der Waals surface area contributed by atoms with E-state index in [1.165, 1.54) is 0 Å². The molecule has 7 nitrogen and oxygen atoms in total. The zero-order valence-electron chi connectivity index (χ0n) is 15.2. The van der Waals surface area contributed by atoms with Crippen LogP contribution in [-0.2, 0) is 9.53 Å². The van der Waals surface area contributed by atoms with Crippen molar-refractivity contribution in [2.75, 3.05) is 60.3 Å². The molecule has 2 aromatic rings. The van der Waals surface area contributed by atoms with Crippen molar-refractivity contribution in [3.8, 4) is 0 Å². The van der Waals surface area contributed by atoms with E-state index in [0.717, 1.165) is 30.2 Å². The van der Waals surface area contributed by atoms with E-state index in [-0.39, 0.29) is 11.8 Å². The van der Waals surface area contributed by atoms with Crippen LogP contribution in [0.5, 0.6) is 0 Å². The largest absolute Gasteiger partial charge is 0.378 e. The lowest BCUT2D eigenvalue weighted by Crippen LogP contribution is -2.36. The van der Waals surface area contributed by atoms with Gasteiger partial charge in [-0.2, -0.15) is 0 Å². The van der Waals surface area contributed by atoms with Crippen LogP contribution in [0.4, 0.5) is 22.7 Å². The minimum Gasteiger partial charge on any atom is -0.378 e. The fourth-order valence-corrected chi connectivity index (χ4v) is 3.41. The molecule has 7 heteroatoms. The zero-order valence-corrected chi connectivity index (χ0v) is 15.2. The molecule has 1 saturated heterocycles. The highest BCUT2D eigenvalue weighted by atomic mass is 16.5. The Balaban J connectivity index is 1.51. The number of benzene rings is 2. The average molecular weight is 366 g/mol. The number of nitrogens with one attached hydrogen (secondary N) is 2. The Kier molecular flexibility index (Phi) is 4.68. The summed E-state index contributed by atoms with van der Waals surface area (Å²) in [6.07, 6.45) is 0. The summed E-state index contributed by atoms with van der Waals surface area (Å²) in [5.74, 6) is -0.292. The van der Waals surface area contributed by atoms with Crippen molar-refractivity contribution < 1.29 is 14.3 Å². The number of morpholine rings is 1. The van der Waals surface area contributed by atoms with E-state index in [1.54, 1.807) is 12.1 Å². The molecule has 2 heterocycles. The summed E-state index contributed by atoms with van der Waals surface area (Å²) in [4.78, 5) is 28.5. The van der Waals surface area contributed by atoms with Gasteiger partial charge in [-0.05, 0) is 36.4 Å². The monoisotopic (exact) mass is 366 g/mol. The smallest absolute Gasteiger partial charge is 0.255 e.